The Bertz CT molecular complexity index is 402. The lowest BCUT2D eigenvalue weighted by molar-refractivity contribution is 0.0952. The Kier molecular flexibility index (Phi) is 5.65. The fourth-order valence-electron chi connectivity index (χ4n) is 1.78. The van der Waals surface area contributed by atoms with Crippen LogP contribution < -0.4 is 16.6 Å². The molecule has 4 nitrogen and oxygen atoms in total. The number of hydrazine groups is 1. The minimum Gasteiger partial charge on any atom is -0.352 e. The van der Waals surface area contributed by atoms with Gasteiger partial charge in [-0.25, -0.2) is 0 Å². The molecule has 0 spiro atoms. The molecule has 1 aromatic carbocycles. The van der Waals surface area contributed by atoms with Gasteiger partial charge in [0.25, 0.3) is 5.91 Å². The molecule has 100 valence electrons. The monoisotopic (exact) mass is 249 g/mol. The average molecular weight is 249 g/mol. The van der Waals surface area contributed by atoms with Crippen molar-refractivity contribution >= 4 is 11.6 Å². The van der Waals surface area contributed by atoms with Crippen LogP contribution in [0.4, 0.5) is 5.69 Å². The molecule has 0 aliphatic heterocycles. The lowest BCUT2D eigenvalue weighted by Crippen LogP contribution is -2.24. The molecule has 0 bridgehead atoms. The first-order valence-corrected chi connectivity index (χ1v) is 6.40. The number of nitrogens with one attached hydrogen (secondary N) is 2. The van der Waals surface area contributed by atoms with E-state index in [0.29, 0.717) is 11.5 Å². The van der Waals surface area contributed by atoms with Gasteiger partial charge in [0.15, 0.2) is 0 Å². The van der Waals surface area contributed by atoms with Gasteiger partial charge >= 0.3 is 0 Å². The molecule has 4 N–H and O–H groups in total. The highest BCUT2D eigenvalue weighted by Crippen LogP contribution is 2.15. The highest BCUT2D eigenvalue weighted by molar-refractivity contribution is 5.94. The second-order valence-corrected chi connectivity index (χ2v) is 4.97. The molecule has 1 amide bonds. The summed E-state index contributed by atoms with van der Waals surface area (Å²) in [6, 6.07) is 5.44. The van der Waals surface area contributed by atoms with Gasteiger partial charge in [-0.1, -0.05) is 13.8 Å². The van der Waals surface area contributed by atoms with Gasteiger partial charge in [0, 0.05) is 12.1 Å². The number of carbonyl (C=O) groups excluding carboxylic acids is 1. The van der Waals surface area contributed by atoms with E-state index in [-0.39, 0.29) is 5.91 Å². The molecule has 1 aromatic rings. The van der Waals surface area contributed by atoms with Gasteiger partial charge in [0.05, 0.1) is 5.69 Å². The van der Waals surface area contributed by atoms with Crippen molar-refractivity contribution in [1.82, 2.24) is 5.32 Å². The summed E-state index contributed by atoms with van der Waals surface area (Å²) in [6.45, 7) is 7.02. The molecule has 1 rings (SSSR count). The fourth-order valence-corrected chi connectivity index (χ4v) is 1.78. The number of nitrogen functional groups attached to an aromatic ring is 1. The molecule has 0 aromatic heterocycles. The van der Waals surface area contributed by atoms with Crippen molar-refractivity contribution in [2.45, 2.75) is 33.6 Å². The van der Waals surface area contributed by atoms with Crippen LogP contribution in [-0.4, -0.2) is 12.5 Å². The average Bonchev–Trinajstić information content (AvgIpc) is 2.34. The SMILES string of the molecule is Cc1cc(C(=O)NCCCC(C)C)ccc1NN. The van der Waals surface area contributed by atoms with Gasteiger partial charge in [0.2, 0.25) is 0 Å². The molecule has 0 atom stereocenters. The van der Waals surface area contributed by atoms with E-state index in [2.05, 4.69) is 24.6 Å². The third kappa shape index (κ3) is 4.37. The van der Waals surface area contributed by atoms with Crippen molar-refractivity contribution in [2.75, 3.05) is 12.0 Å². The molecule has 0 aliphatic rings. The van der Waals surface area contributed by atoms with Crippen LogP contribution in [0.5, 0.6) is 0 Å². The van der Waals surface area contributed by atoms with E-state index in [1.165, 1.54) is 0 Å². The van der Waals surface area contributed by atoms with Crippen LogP contribution in [0, 0.1) is 12.8 Å². The van der Waals surface area contributed by atoms with Crippen LogP contribution in [0.2, 0.25) is 0 Å². The molecule has 18 heavy (non-hydrogen) atoms. The Morgan fingerprint density at radius 2 is 2.11 bits per heavy atom. The Labute approximate surface area is 109 Å². The highest BCUT2D eigenvalue weighted by atomic mass is 16.1. The number of nitrogens with two attached hydrogens (primary N) is 1. The largest absolute Gasteiger partial charge is 0.352 e. The number of carbonyl (C=O) groups is 1. The minimum absolute atomic E-state index is 0.0228. The summed E-state index contributed by atoms with van der Waals surface area (Å²) < 4.78 is 0. The number of anilines is 1. The van der Waals surface area contributed by atoms with Gasteiger partial charge in [0.1, 0.15) is 0 Å². The van der Waals surface area contributed by atoms with Crippen molar-refractivity contribution in [3.63, 3.8) is 0 Å². The predicted octanol–water partition coefficient (Wildman–Crippen LogP) is 2.45. The maximum absolute atomic E-state index is 11.9. The van der Waals surface area contributed by atoms with E-state index >= 15 is 0 Å². The zero-order valence-electron chi connectivity index (χ0n) is 11.4. The summed E-state index contributed by atoms with van der Waals surface area (Å²) in [7, 11) is 0. The van der Waals surface area contributed by atoms with Gasteiger partial charge in [-0.2, -0.15) is 0 Å². The first-order valence-electron chi connectivity index (χ1n) is 6.40. The van der Waals surface area contributed by atoms with Crippen molar-refractivity contribution in [2.24, 2.45) is 11.8 Å². The third-order valence-corrected chi connectivity index (χ3v) is 2.89. The summed E-state index contributed by atoms with van der Waals surface area (Å²) in [5, 5.41) is 2.93. The predicted molar refractivity (Wildman–Crippen MR) is 75.4 cm³/mol. The lowest BCUT2D eigenvalue weighted by Gasteiger charge is -2.09. The van der Waals surface area contributed by atoms with E-state index in [0.717, 1.165) is 30.6 Å². The summed E-state index contributed by atoms with van der Waals surface area (Å²) in [4.78, 5) is 11.9. The van der Waals surface area contributed by atoms with Crippen LogP contribution in [0.25, 0.3) is 0 Å². The highest BCUT2D eigenvalue weighted by Gasteiger charge is 2.06. The zero-order chi connectivity index (χ0) is 13.5. The van der Waals surface area contributed by atoms with Crippen LogP contribution in [0.15, 0.2) is 18.2 Å². The van der Waals surface area contributed by atoms with Crippen molar-refractivity contribution in [3.8, 4) is 0 Å². The van der Waals surface area contributed by atoms with E-state index in [1.54, 1.807) is 6.07 Å². The number of aryl methyl sites for hydroxylation is 1. The van der Waals surface area contributed by atoms with Crippen LogP contribution >= 0.6 is 0 Å². The topological polar surface area (TPSA) is 67.2 Å². The maximum atomic E-state index is 11.9. The summed E-state index contributed by atoms with van der Waals surface area (Å²) in [5.74, 6) is 6.01. The van der Waals surface area contributed by atoms with E-state index in [9.17, 15) is 4.79 Å². The Morgan fingerprint density at radius 1 is 1.39 bits per heavy atom. The van der Waals surface area contributed by atoms with Crippen LogP contribution in [-0.2, 0) is 0 Å². The quantitative estimate of drug-likeness (QED) is 0.412. The first-order chi connectivity index (χ1) is 8.54. The molecular weight excluding hydrogens is 226 g/mol. The fraction of sp³-hybridized carbons (Fsp3) is 0.500. The number of hydrogen-bond acceptors (Lipinski definition) is 3. The Hall–Kier alpha value is -1.55. The number of benzene rings is 1. The standard InChI is InChI=1S/C14H23N3O/c1-10(2)5-4-8-16-14(18)12-6-7-13(17-15)11(3)9-12/h6-7,9-10,17H,4-5,8,15H2,1-3H3,(H,16,18). The summed E-state index contributed by atoms with van der Waals surface area (Å²) >= 11 is 0. The van der Waals surface area contributed by atoms with Crippen LogP contribution in [0.1, 0.15) is 42.6 Å². The first kappa shape index (κ1) is 14.5. The number of amides is 1. The normalized spacial score (nSPS) is 10.5. The smallest absolute Gasteiger partial charge is 0.251 e. The Balaban J connectivity index is 2.49. The lowest BCUT2D eigenvalue weighted by atomic mass is 10.1. The Morgan fingerprint density at radius 3 is 2.67 bits per heavy atom. The molecule has 0 saturated heterocycles. The zero-order valence-corrected chi connectivity index (χ0v) is 11.4. The van der Waals surface area contributed by atoms with Gasteiger partial charge in [-0.3, -0.25) is 10.6 Å². The second kappa shape index (κ2) is 7.01. The van der Waals surface area contributed by atoms with E-state index in [4.69, 9.17) is 5.84 Å². The van der Waals surface area contributed by atoms with Gasteiger partial charge in [-0.15, -0.1) is 0 Å². The molecule has 0 fully saturated rings. The van der Waals surface area contributed by atoms with Gasteiger partial charge < -0.3 is 10.7 Å². The van der Waals surface area contributed by atoms with Gasteiger partial charge in [-0.05, 0) is 49.4 Å². The van der Waals surface area contributed by atoms with Crippen molar-refractivity contribution in [3.05, 3.63) is 29.3 Å². The van der Waals surface area contributed by atoms with E-state index in [1.807, 2.05) is 19.1 Å². The number of hydrogen-bond donors (Lipinski definition) is 3. The van der Waals surface area contributed by atoms with Crippen molar-refractivity contribution < 1.29 is 4.79 Å². The third-order valence-electron chi connectivity index (χ3n) is 2.89. The molecule has 0 saturated carbocycles. The molecule has 0 radical (unpaired) electrons. The number of rotatable bonds is 6. The molecule has 0 aliphatic carbocycles. The van der Waals surface area contributed by atoms with E-state index < -0.39 is 0 Å². The minimum atomic E-state index is -0.0228. The molecule has 0 heterocycles. The summed E-state index contributed by atoms with van der Waals surface area (Å²) in [6.07, 6.45) is 2.15. The maximum Gasteiger partial charge on any atom is 0.251 e. The van der Waals surface area contributed by atoms with Crippen molar-refractivity contribution in [1.29, 1.82) is 0 Å². The molecular formula is C14H23N3O. The molecule has 4 heteroatoms. The molecule has 0 unspecified atom stereocenters. The summed E-state index contributed by atoms with van der Waals surface area (Å²) in [5.41, 5.74) is 5.08. The second-order valence-electron chi connectivity index (χ2n) is 4.97. The van der Waals surface area contributed by atoms with Crippen LogP contribution in [0.3, 0.4) is 0 Å².